The molecule has 6 aromatic heterocycles. The topological polar surface area (TPSA) is 276 Å². The summed E-state index contributed by atoms with van der Waals surface area (Å²) in [6.45, 7) is 2.73. The largest absolute Gasteiger partial charge is 0.484 e. The van der Waals surface area contributed by atoms with Crippen LogP contribution in [0.4, 0.5) is 11.6 Å². The lowest BCUT2D eigenvalue weighted by Crippen LogP contribution is -2.28. The number of ether oxygens (including phenoxy) is 4. The standard InChI is InChI=1S/C25H27N5O5.C13H15N3O3.C11H11N3O3/c1-34-22-9-6-18-25(28-22)29(24(33)13-26-18)10-4-2-3-5-16-11-23(32)30(14-16)21-8-7-20-19(27-21)12-17(31)15-35-20;14-5-8-3-13(18)16(6-8)12-2-1-11-10(15-12)4-9(17)7-19-11;1-17-9-4-3-8-11(13-9)14(5-2-6-15)10(16)7-12-8/h6-9,13,16H,2-5,10-12,14-15H2,1H3;1-2,8H,3-7,14H2;3-4,6-7H,2,5H2,1H3/t16-;8-;/m10./s1. The van der Waals surface area contributed by atoms with Crippen LogP contribution in [0.25, 0.3) is 22.3 Å². The Bertz CT molecular complexity index is 3110. The molecule has 10 rings (SSSR count). The van der Waals surface area contributed by atoms with Gasteiger partial charge in [0.2, 0.25) is 23.6 Å². The first-order chi connectivity index (χ1) is 34.4. The Hall–Kier alpha value is -8.01. The summed E-state index contributed by atoms with van der Waals surface area (Å²) >= 11 is 0. The lowest BCUT2D eigenvalue weighted by Gasteiger charge is -2.20. The van der Waals surface area contributed by atoms with Gasteiger partial charge in [0.25, 0.3) is 11.1 Å². The highest BCUT2D eigenvalue weighted by Gasteiger charge is 2.33. The van der Waals surface area contributed by atoms with Crippen LogP contribution in [0.2, 0.25) is 0 Å². The number of nitrogens with two attached hydrogens (primary N) is 1. The summed E-state index contributed by atoms with van der Waals surface area (Å²) in [5.74, 6) is 3.79. The molecule has 0 spiro atoms. The Morgan fingerprint density at radius 2 is 1.14 bits per heavy atom. The molecule has 22 nitrogen and oxygen atoms in total. The van der Waals surface area contributed by atoms with E-state index >= 15 is 0 Å². The van der Waals surface area contributed by atoms with Gasteiger partial charge in [0, 0.05) is 57.6 Å². The first-order valence-corrected chi connectivity index (χ1v) is 23.3. The zero-order valence-corrected chi connectivity index (χ0v) is 39.4. The molecule has 2 fully saturated rings. The molecule has 2 atom stereocenters. The summed E-state index contributed by atoms with van der Waals surface area (Å²) in [5, 5.41) is 0. The number of amides is 2. The summed E-state index contributed by atoms with van der Waals surface area (Å²) in [7, 11) is 3.04. The molecule has 0 aliphatic carbocycles. The van der Waals surface area contributed by atoms with Crippen molar-refractivity contribution in [2.24, 2.45) is 17.6 Å². The summed E-state index contributed by atoms with van der Waals surface area (Å²) in [4.78, 5) is 111. The highest BCUT2D eigenvalue weighted by Crippen LogP contribution is 2.31. The Kier molecular flexibility index (Phi) is 15.7. The van der Waals surface area contributed by atoms with Gasteiger partial charge in [-0.05, 0) is 67.6 Å². The van der Waals surface area contributed by atoms with E-state index in [0.717, 1.165) is 32.0 Å². The number of carbonyl (C=O) groups excluding carboxylic acids is 5. The van der Waals surface area contributed by atoms with Crippen LogP contribution < -0.4 is 45.6 Å². The lowest BCUT2D eigenvalue weighted by molar-refractivity contribution is -0.122. The van der Waals surface area contributed by atoms with E-state index in [1.54, 1.807) is 70.0 Å². The SMILES string of the molecule is COc1ccc2ncc(=O)n(CCC=O)c2n1.COc1ccc2ncc(=O)n(CCCCC[C@@H]3CC(=O)N(c4ccc5c(n4)CC(=O)CO5)C3)c2n1.NC[C@@H]1CC(=O)N(c2ccc3c(n2)CC(=O)CO3)C1. The monoisotopic (exact) mass is 971 g/mol. The van der Waals surface area contributed by atoms with Gasteiger partial charge in [0.1, 0.15) is 53.7 Å². The molecule has 6 aromatic rings. The van der Waals surface area contributed by atoms with E-state index < -0.39 is 0 Å². The number of rotatable bonds is 14. The molecule has 2 saturated heterocycles. The summed E-state index contributed by atoms with van der Waals surface area (Å²) in [6, 6.07) is 14.0. The van der Waals surface area contributed by atoms with Crippen molar-refractivity contribution in [3.05, 3.63) is 93.0 Å². The third-order valence-corrected chi connectivity index (χ3v) is 12.4. The fourth-order valence-corrected chi connectivity index (χ4v) is 8.69. The van der Waals surface area contributed by atoms with Crippen molar-refractivity contribution in [1.29, 1.82) is 0 Å². The average molecular weight is 972 g/mol. The predicted molar refractivity (Wildman–Crippen MR) is 257 cm³/mol. The normalized spacial score (nSPS) is 17.1. The molecule has 4 aliphatic heterocycles. The number of nitrogens with zero attached hydrogens (tertiary/aromatic N) is 10. The number of ketones is 2. The van der Waals surface area contributed by atoms with Crippen LogP contribution in [0.15, 0.2) is 70.5 Å². The molecule has 71 heavy (non-hydrogen) atoms. The number of hydrogen-bond acceptors (Lipinski definition) is 18. The molecule has 0 aromatic carbocycles. The molecule has 2 amide bonds. The minimum atomic E-state index is -0.278. The van der Waals surface area contributed by atoms with E-state index in [4.69, 9.17) is 24.7 Å². The van der Waals surface area contributed by atoms with Gasteiger partial charge in [0.15, 0.2) is 22.9 Å². The van der Waals surface area contributed by atoms with Crippen molar-refractivity contribution in [2.45, 2.75) is 70.9 Å². The smallest absolute Gasteiger partial charge is 0.270 e. The number of carbonyl (C=O) groups is 5. The van der Waals surface area contributed by atoms with Gasteiger partial charge in [-0.1, -0.05) is 12.8 Å². The number of fused-ring (bicyclic) bond motifs is 4. The van der Waals surface area contributed by atoms with Crippen LogP contribution in [0, 0.1) is 11.8 Å². The number of Topliss-reactive ketones (excluding diaryl/α,β-unsaturated/α-hetero) is 2. The first kappa shape index (κ1) is 49.4. The first-order valence-electron chi connectivity index (χ1n) is 23.3. The fourth-order valence-electron chi connectivity index (χ4n) is 8.69. The van der Waals surface area contributed by atoms with Crippen molar-refractivity contribution >= 4 is 63.6 Å². The number of anilines is 2. The zero-order valence-electron chi connectivity index (χ0n) is 39.4. The molecule has 4 aliphatic rings. The molecule has 0 unspecified atom stereocenters. The number of unbranched alkanes of at least 4 members (excludes halogenated alkanes) is 2. The summed E-state index contributed by atoms with van der Waals surface area (Å²) in [6.07, 6.45) is 8.68. The molecule has 0 saturated carbocycles. The number of hydrogen-bond donors (Lipinski definition) is 1. The van der Waals surface area contributed by atoms with E-state index in [1.165, 1.54) is 24.1 Å². The molecule has 10 heterocycles. The molecular formula is C49H53N11O11. The molecule has 0 radical (unpaired) electrons. The number of aromatic nitrogens is 8. The van der Waals surface area contributed by atoms with Crippen molar-refractivity contribution in [3.8, 4) is 23.3 Å². The quantitative estimate of drug-likeness (QED) is 0.121. The van der Waals surface area contributed by atoms with Crippen LogP contribution in [0.5, 0.6) is 23.3 Å². The van der Waals surface area contributed by atoms with Gasteiger partial charge < -0.3 is 29.5 Å². The maximum atomic E-state index is 12.6. The van der Waals surface area contributed by atoms with Crippen LogP contribution in [0.3, 0.4) is 0 Å². The van der Waals surface area contributed by atoms with Crippen LogP contribution in [-0.2, 0) is 49.9 Å². The number of methoxy groups -OCH3 is 2. The number of aryl methyl sites for hydroxylation is 2. The van der Waals surface area contributed by atoms with Gasteiger partial charge in [0.05, 0.1) is 50.8 Å². The van der Waals surface area contributed by atoms with Crippen molar-refractivity contribution in [2.75, 3.05) is 56.9 Å². The Morgan fingerprint density at radius 1 is 0.634 bits per heavy atom. The maximum absolute atomic E-state index is 12.6. The van der Waals surface area contributed by atoms with Crippen LogP contribution in [0.1, 0.15) is 56.3 Å². The van der Waals surface area contributed by atoms with Gasteiger partial charge in [-0.3, -0.25) is 47.7 Å². The number of pyridine rings is 4. The third kappa shape index (κ3) is 11.7. The minimum Gasteiger partial charge on any atom is -0.484 e. The minimum absolute atomic E-state index is 0.00438. The fraction of sp³-hybridized carbons (Fsp3) is 0.408. The van der Waals surface area contributed by atoms with E-state index in [2.05, 4.69) is 29.9 Å². The summed E-state index contributed by atoms with van der Waals surface area (Å²) < 4.78 is 23.9. The van der Waals surface area contributed by atoms with E-state index in [-0.39, 0.29) is 78.8 Å². The Morgan fingerprint density at radius 3 is 1.63 bits per heavy atom. The summed E-state index contributed by atoms with van der Waals surface area (Å²) in [5.41, 5.74) is 8.55. The van der Waals surface area contributed by atoms with Gasteiger partial charge in [-0.15, -0.1) is 0 Å². The molecule has 0 bridgehead atoms. The van der Waals surface area contributed by atoms with E-state index in [0.29, 0.717) is 114 Å². The predicted octanol–water partition coefficient (Wildman–Crippen LogP) is 2.60. The lowest BCUT2D eigenvalue weighted by atomic mass is 10.0. The highest BCUT2D eigenvalue weighted by atomic mass is 16.5. The molecule has 370 valence electrons. The highest BCUT2D eigenvalue weighted by molar-refractivity contribution is 5.96. The van der Waals surface area contributed by atoms with E-state index in [1.807, 2.05) is 0 Å². The molecule has 22 heteroatoms. The van der Waals surface area contributed by atoms with Crippen molar-refractivity contribution in [1.82, 2.24) is 39.0 Å². The van der Waals surface area contributed by atoms with Gasteiger partial charge in [-0.2, -0.15) is 9.97 Å². The second-order valence-electron chi connectivity index (χ2n) is 17.3. The molecule has 2 N–H and O–H groups in total. The van der Waals surface area contributed by atoms with Crippen LogP contribution in [-0.4, -0.2) is 116 Å². The van der Waals surface area contributed by atoms with Crippen molar-refractivity contribution < 1.29 is 42.9 Å². The average Bonchev–Trinajstić information content (AvgIpc) is 3.96. The van der Waals surface area contributed by atoms with Gasteiger partial charge in [-0.25, -0.2) is 19.9 Å². The Balaban J connectivity index is 0.000000158. The molecular weight excluding hydrogens is 919 g/mol. The second kappa shape index (κ2) is 22.6. The number of aldehydes is 1. The Labute approximate surface area is 406 Å². The van der Waals surface area contributed by atoms with Crippen LogP contribution >= 0.6 is 0 Å². The second-order valence-corrected chi connectivity index (χ2v) is 17.3. The van der Waals surface area contributed by atoms with Gasteiger partial charge >= 0.3 is 0 Å². The van der Waals surface area contributed by atoms with E-state index in [9.17, 15) is 33.6 Å². The zero-order chi connectivity index (χ0) is 50.0. The maximum Gasteiger partial charge on any atom is 0.270 e. The third-order valence-electron chi connectivity index (χ3n) is 12.4. The van der Waals surface area contributed by atoms with Crippen molar-refractivity contribution in [3.63, 3.8) is 0 Å².